The van der Waals surface area contributed by atoms with Gasteiger partial charge in [-0.15, -0.1) is 0 Å². The molecule has 1 N–H and O–H groups in total. The topological polar surface area (TPSA) is 58.6 Å². The maximum absolute atomic E-state index is 13.1. The molecule has 0 aliphatic carbocycles. The molecular formula is C25H21F3N2O3. The van der Waals surface area contributed by atoms with Crippen molar-refractivity contribution in [1.82, 2.24) is 5.32 Å². The van der Waals surface area contributed by atoms with Crippen LogP contribution in [0.3, 0.4) is 0 Å². The highest BCUT2D eigenvalue weighted by molar-refractivity contribution is 6.01. The summed E-state index contributed by atoms with van der Waals surface area (Å²) in [6, 6.07) is 18.4. The third kappa shape index (κ3) is 4.84. The van der Waals surface area contributed by atoms with Gasteiger partial charge in [0, 0.05) is 11.3 Å². The van der Waals surface area contributed by atoms with E-state index < -0.39 is 17.8 Å². The van der Waals surface area contributed by atoms with Crippen molar-refractivity contribution in [3.63, 3.8) is 0 Å². The summed E-state index contributed by atoms with van der Waals surface area (Å²) in [6.45, 7) is 2.61. The Morgan fingerprint density at radius 3 is 2.42 bits per heavy atom. The van der Waals surface area contributed by atoms with Gasteiger partial charge in [0.25, 0.3) is 5.91 Å². The molecule has 0 spiro atoms. The molecule has 3 aromatic rings. The number of nitrogens with zero attached hydrogens (tertiary/aromatic N) is 1. The van der Waals surface area contributed by atoms with Gasteiger partial charge < -0.3 is 10.1 Å². The second kappa shape index (κ2) is 8.97. The molecule has 1 fully saturated rings. The van der Waals surface area contributed by atoms with Gasteiger partial charge in [0.05, 0.1) is 18.2 Å². The highest BCUT2D eigenvalue weighted by Gasteiger charge is 2.30. The Balaban J connectivity index is 1.54. The van der Waals surface area contributed by atoms with Crippen molar-refractivity contribution in [2.24, 2.45) is 0 Å². The van der Waals surface area contributed by atoms with E-state index in [1.807, 2.05) is 19.1 Å². The summed E-state index contributed by atoms with van der Waals surface area (Å²) < 4.78 is 43.6. The van der Waals surface area contributed by atoms with Crippen LogP contribution in [0.1, 0.15) is 34.5 Å². The highest BCUT2D eigenvalue weighted by atomic mass is 19.4. The van der Waals surface area contributed by atoms with Gasteiger partial charge in [0.15, 0.2) is 0 Å². The molecule has 4 rings (SSSR count). The molecule has 0 bridgehead atoms. The van der Waals surface area contributed by atoms with Crippen molar-refractivity contribution in [3.05, 3.63) is 89.5 Å². The second-order valence-corrected chi connectivity index (χ2v) is 7.68. The zero-order chi connectivity index (χ0) is 23.6. The van der Waals surface area contributed by atoms with Gasteiger partial charge in [0.2, 0.25) is 0 Å². The average molecular weight is 454 g/mol. The van der Waals surface area contributed by atoms with Crippen LogP contribution in [0.2, 0.25) is 0 Å². The fraction of sp³-hybridized carbons (Fsp3) is 0.200. The molecular weight excluding hydrogens is 433 g/mol. The lowest BCUT2D eigenvalue weighted by Gasteiger charge is -2.19. The van der Waals surface area contributed by atoms with Gasteiger partial charge in [-0.2, -0.15) is 13.2 Å². The van der Waals surface area contributed by atoms with Crippen molar-refractivity contribution in [3.8, 4) is 11.1 Å². The standard InChI is InChI=1S/C25H21F3N2O3/c1-16(18-5-4-6-20(15-18)30-13-14-33-24(30)32)29-23(31)22-8-3-2-7-21(22)17-9-11-19(12-10-17)25(26,27)28/h2-12,15-16H,13-14H2,1H3,(H,29,31). The van der Waals surface area contributed by atoms with Gasteiger partial charge in [-0.25, -0.2) is 4.79 Å². The van der Waals surface area contributed by atoms with Crippen molar-refractivity contribution >= 4 is 17.7 Å². The molecule has 0 saturated carbocycles. The molecule has 1 heterocycles. The first-order valence-electron chi connectivity index (χ1n) is 10.4. The maximum atomic E-state index is 13.1. The minimum atomic E-state index is -4.43. The molecule has 0 aromatic heterocycles. The summed E-state index contributed by atoms with van der Waals surface area (Å²) >= 11 is 0. The number of rotatable bonds is 5. The first-order chi connectivity index (χ1) is 15.7. The fourth-order valence-corrected chi connectivity index (χ4v) is 3.72. The van der Waals surface area contributed by atoms with E-state index in [1.165, 1.54) is 17.0 Å². The smallest absolute Gasteiger partial charge is 0.416 e. The van der Waals surface area contributed by atoms with E-state index in [2.05, 4.69) is 5.32 Å². The van der Waals surface area contributed by atoms with E-state index in [4.69, 9.17) is 4.74 Å². The Morgan fingerprint density at radius 1 is 1.03 bits per heavy atom. The van der Waals surface area contributed by atoms with E-state index in [9.17, 15) is 22.8 Å². The minimum Gasteiger partial charge on any atom is -0.447 e. The molecule has 5 nitrogen and oxygen atoms in total. The summed E-state index contributed by atoms with van der Waals surface area (Å²) in [5.74, 6) is -0.357. The third-order valence-electron chi connectivity index (χ3n) is 5.49. The predicted molar refractivity (Wildman–Crippen MR) is 118 cm³/mol. The number of ether oxygens (including phenoxy) is 1. The van der Waals surface area contributed by atoms with Crippen LogP contribution in [0, 0.1) is 0 Å². The molecule has 1 atom stereocenters. The SMILES string of the molecule is CC(NC(=O)c1ccccc1-c1ccc(C(F)(F)F)cc1)c1cccc(N2CCOC2=O)c1. The van der Waals surface area contributed by atoms with Crippen LogP contribution in [0.4, 0.5) is 23.7 Å². The maximum Gasteiger partial charge on any atom is 0.416 e. The number of halogens is 3. The Bertz CT molecular complexity index is 1180. The monoisotopic (exact) mass is 454 g/mol. The number of benzene rings is 3. The van der Waals surface area contributed by atoms with Crippen molar-refractivity contribution in [2.75, 3.05) is 18.1 Å². The lowest BCUT2D eigenvalue weighted by molar-refractivity contribution is -0.137. The van der Waals surface area contributed by atoms with Crippen LogP contribution in [-0.4, -0.2) is 25.2 Å². The molecule has 1 unspecified atom stereocenters. The van der Waals surface area contributed by atoms with Crippen molar-refractivity contribution < 1.29 is 27.5 Å². The summed E-state index contributed by atoms with van der Waals surface area (Å²) in [5, 5.41) is 2.93. The second-order valence-electron chi connectivity index (χ2n) is 7.68. The van der Waals surface area contributed by atoms with E-state index >= 15 is 0 Å². The van der Waals surface area contributed by atoms with Gasteiger partial charge >= 0.3 is 12.3 Å². The van der Waals surface area contributed by atoms with Crippen LogP contribution < -0.4 is 10.2 Å². The number of amides is 2. The van der Waals surface area contributed by atoms with Gasteiger partial charge in [-0.3, -0.25) is 9.69 Å². The molecule has 2 amide bonds. The number of carbonyl (C=O) groups is 2. The van der Waals surface area contributed by atoms with Crippen molar-refractivity contribution in [2.45, 2.75) is 19.1 Å². The first-order valence-corrected chi connectivity index (χ1v) is 10.4. The van der Waals surface area contributed by atoms with Gasteiger partial charge in [-0.1, -0.05) is 42.5 Å². The molecule has 1 saturated heterocycles. The van der Waals surface area contributed by atoms with E-state index in [0.29, 0.717) is 35.5 Å². The zero-order valence-corrected chi connectivity index (χ0v) is 17.7. The van der Waals surface area contributed by atoms with E-state index in [0.717, 1.165) is 17.7 Å². The largest absolute Gasteiger partial charge is 0.447 e. The van der Waals surface area contributed by atoms with Gasteiger partial charge in [-0.05, 0) is 53.9 Å². The summed E-state index contributed by atoms with van der Waals surface area (Å²) in [4.78, 5) is 26.4. The third-order valence-corrected chi connectivity index (χ3v) is 5.49. The molecule has 1 aliphatic rings. The number of anilines is 1. The number of alkyl halides is 3. The summed E-state index contributed by atoms with van der Waals surface area (Å²) in [6.07, 6.45) is -4.83. The van der Waals surface area contributed by atoms with E-state index in [1.54, 1.807) is 36.4 Å². The Kier molecular flexibility index (Phi) is 6.09. The average Bonchev–Trinajstić information content (AvgIpc) is 3.24. The Labute approximate surface area is 188 Å². The molecule has 3 aromatic carbocycles. The molecule has 1 aliphatic heterocycles. The lowest BCUT2D eigenvalue weighted by Crippen LogP contribution is -2.28. The van der Waals surface area contributed by atoms with Crippen LogP contribution in [0.5, 0.6) is 0 Å². The van der Waals surface area contributed by atoms with Crippen LogP contribution in [0.15, 0.2) is 72.8 Å². The number of nitrogens with one attached hydrogen (secondary N) is 1. The van der Waals surface area contributed by atoms with Crippen LogP contribution in [-0.2, 0) is 10.9 Å². The quantitative estimate of drug-likeness (QED) is 0.529. The predicted octanol–water partition coefficient (Wildman–Crippen LogP) is 5.82. The molecule has 33 heavy (non-hydrogen) atoms. The Hall–Kier alpha value is -3.81. The first kappa shape index (κ1) is 22.4. The molecule has 170 valence electrons. The Morgan fingerprint density at radius 2 is 1.76 bits per heavy atom. The summed E-state index contributed by atoms with van der Waals surface area (Å²) in [7, 11) is 0. The lowest BCUT2D eigenvalue weighted by atomic mass is 9.97. The number of hydrogen-bond donors (Lipinski definition) is 1. The molecule has 0 radical (unpaired) electrons. The zero-order valence-electron chi connectivity index (χ0n) is 17.7. The van der Waals surface area contributed by atoms with Crippen molar-refractivity contribution in [1.29, 1.82) is 0 Å². The van der Waals surface area contributed by atoms with Gasteiger partial charge in [0.1, 0.15) is 6.61 Å². The minimum absolute atomic E-state index is 0.329. The highest BCUT2D eigenvalue weighted by Crippen LogP contribution is 2.32. The fourth-order valence-electron chi connectivity index (χ4n) is 3.72. The number of hydrogen-bond acceptors (Lipinski definition) is 3. The number of carbonyl (C=O) groups excluding carboxylic acids is 2. The molecule has 8 heteroatoms. The summed E-state index contributed by atoms with van der Waals surface area (Å²) in [5.41, 5.74) is 2.13. The van der Waals surface area contributed by atoms with Crippen LogP contribution in [0.25, 0.3) is 11.1 Å². The van der Waals surface area contributed by atoms with Crippen LogP contribution >= 0.6 is 0 Å². The number of cyclic esters (lactones) is 1. The van der Waals surface area contributed by atoms with E-state index in [-0.39, 0.29) is 11.9 Å². The normalized spacial score (nSPS) is 14.7.